The Balaban J connectivity index is 1.41. The average molecular weight is 482 g/mol. The lowest BCUT2D eigenvalue weighted by Crippen LogP contribution is -2.46. The first kappa shape index (κ1) is 22.5. The predicted octanol–water partition coefficient (Wildman–Crippen LogP) is 3.53. The average Bonchev–Trinajstić information content (AvgIpc) is 3.57. The standard InChI is InChI=1S/C24H27N5O4S/c1-15(30)28-12-9-19(10-13-28)29(34(32)33)18-6-4-16(5-7-18)21-14-22(27-24(31)17-2-3-17)26-23-20(21)8-11-25-23/h4-8,11,14,17,19H,2-3,9-10,12-13H2,1H3,(H,32,33)(H2,25,26,27,31). The second-order valence-electron chi connectivity index (χ2n) is 8.90. The Kier molecular flexibility index (Phi) is 6.09. The van der Waals surface area contributed by atoms with Crippen molar-refractivity contribution in [3.63, 3.8) is 0 Å². The first-order valence-corrected chi connectivity index (χ1v) is 12.5. The molecule has 10 heteroatoms. The molecular formula is C24H27N5O4S. The zero-order valence-electron chi connectivity index (χ0n) is 18.9. The Hall–Kier alpha value is -3.24. The number of amides is 2. The second-order valence-corrected chi connectivity index (χ2v) is 9.75. The molecule has 0 spiro atoms. The molecule has 1 aliphatic heterocycles. The van der Waals surface area contributed by atoms with Crippen molar-refractivity contribution in [1.82, 2.24) is 14.9 Å². The van der Waals surface area contributed by atoms with E-state index in [1.54, 1.807) is 11.8 Å². The van der Waals surface area contributed by atoms with Gasteiger partial charge in [-0.1, -0.05) is 12.1 Å². The van der Waals surface area contributed by atoms with E-state index in [0.29, 0.717) is 43.1 Å². The maximum atomic E-state index is 12.2. The van der Waals surface area contributed by atoms with Gasteiger partial charge >= 0.3 is 0 Å². The van der Waals surface area contributed by atoms with E-state index in [1.165, 1.54) is 4.31 Å². The Bertz CT molecular complexity index is 1250. The minimum Gasteiger partial charge on any atom is -0.346 e. The molecule has 9 nitrogen and oxygen atoms in total. The number of benzene rings is 1. The molecule has 0 radical (unpaired) electrons. The fourth-order valence-electron chi connectivity index (χ4n) is 4.55. The number of pyridine rings is 1. The van der Waals surface area contributed by atoms with Crippen LogP contribution in [0.4, 0.5) is 11.5 Å². The first-order valence-electron chi connectivity index (χ1n) is 11.5. The van der Waals surface area contributed by atoms with E-state index in [2.05, 4.69) is 15.3 Å². The number of hydrogen-bond acceptors (Lipinski definition) is 4. The number of nitrogens with zero attached hydrogens (tertiary/aromatic N) is 3. The summed E-state index contributed by atoms with van der Waals surface area (Å²) in [4.78, 5) is 33.3. The molecule has 1 saturated carbocycles. The van der Waals surface area contributed by atoms with Crippen LogP contribution >= 0.6 is 0 Å². The smallest absolute Gasteiger partial charge is 0.262 e. The Morgan fingerprint density at radius 1 is 1.15 bits per heavy atom. The SMILES string of the molecule is CC(=O)N1CCC(N(c2ccc(-c3cc(NC(=O)C4CC4)nc4[nH]ccc34)cc2)S(=O)O)CC1. The van der Waals surface area contributed by atoms with Gasteiger partial charge in [-0.25, -0.2) is 9.19 Å². The number of piperidine rings is 1. The molecule has 2 aromatic heterocycles. The molecule has 1 unspecified atom stereocenters. The number of H-pyrrole nitrogens is 1. The molecule has 34 heavy (non-hydrogen) atoms. The third-order valence-electron chi connectivity index (χ3n) is 6.57. The number of nitrogens with one attached hydrogen (secondary N) is 2. The zero-order chi connectivity index (χ0) is 23.8. The van der Waals surface area contributed by atoms with Crippen molar-refractivity contribution in [1.29, 1.82) is 0 Å². The molecule has 2 amide bonds. The number of anilines is 2. The summed E-state index contributed by atoms with van der Waals surface area (Å²) in [5.74, 6) is 0.606. The topological polar surface area (TPSA) is 119 Å². The van der Waals surface area contributed by atoms with E-state index in [9.17, 15) is 18.4 Å². The van der Waals surface area contributed by atoms with Gasteiger partial charge in [0, 0.05) is 43.6 Å². The molecule has 1 saturated heterocycles. The molecule has 1 aliphatic carbocycles. The summed E-state index contributed by atoms with van der Waals surface area (Å²) in [5.41, 5.74) is 3.15. The lowest BCUT2D eigenvalue weighted by atomic mass is 10.0. The minimum absolute atomic E-state index is 0.00316. The highest BCUT2D eigenvalue weighted by Gasteiger charge is 2.30. The van der Waals surface area contributed by atoms with Crippen molar-refractivity contribution in [3.8, 4) is 11.1 Å². The van der Waals surface area contributed by atoms with Crippen LogP contribution < -0.4 is 9.62 Å². The summed E-state index contributed by atoms with van der Waals surface area (Å²) in [6.45, 7) is 2.69. The van der Waals surface area contributed by atoms with Gasteiger partial charge in [-0.3, -0.25) is 18.4 Å². The van der Waals surface area contributed by atoms with Gasteiger partial charge < -0.3 is 15.2 Å². The summed E-state index contributed by atoms with van der Waals surface area (Å²) >= 11 is -2.18. The fraction of sp³-hybridized carbons (Fsp3) is 0.375. The summed E-state index contributed by atoms with van der Waals surface area (Å²) in [5, 5.41) is 3.84. The van der Waals surface area contributed by atoms with Gasteiger partial charge in [0.05, 0.1) is 5.69 Å². The lowest BCUT2D eigenvalue weighted by molar-refractivity contribution is -0.129. The third kappa shape index (κ3) is 4.55. The van der Waals surface area contributed by atoms with Crippen molar-refractivity contribution < 1.29 is 18.4 Å². The van der Waals surface area contributed by atoms with E-state index in [0.717, 1.165) is 29.4 Å². The summed E-state index contributed by atoms with van der Waals surface area (Å²) < 4.78 is 23.8. The van der Waals surface area contributed by atoms with Crippen LogP contribution in [0.3, 0.4) is 0 Å². The quantitative estimate of drug-likeness (QED) is 0.466. The fourth-order valence-corrected chi connectivity index (χ4v) is 5.31. The van der Waals surface area contributed by atoms with Crippen molar-refractivity contribution >= 4 is 45.6 Å². The monoisotopic (exact) mass is 481 g/mol. The molecule has 1 atom stereocenters. The first-order chi connectivity index (χ1) is 16.4. The van der Waals surface area contributed by atoms with Crippen molar-refractivity contribution in [3.05, 3.63) is 42.6 Å². The van der Waals surface area contributed by atoms with Gasteiger partial charge in [-0.05, 0) is 61.1 Å². The van der Waals surface area contributed by atoms with Gasteiger partial charge in [0.1, 0.15) is 11.5 Å². The molecule has 3 N–H and O–H groups in total. The largest absolute Gasteiger partial charge is 0.346 e. The van der Waals surface area contributed by atoms with Gasteiger partial charge in [-0.15, -0.1) is 0 Å². The van der Waals surface area contributed by atoms with E-state index in [4.69, 9.17) is 0 Å². The summed E-state index contributed by atoms with van der Waals surface area (Å²) in [7, 11) is 0. The second kappa shape index (κ2) is 9.19. The van der Waals surface area contributed by atoms with Crippen LogP contribution in [0.15, 0.2) is 42.6 Å². The minimum atomic E-state index is -2.18. The van der Waals surface area contributed by atoms with Crippen LogP contribution in [0.2, 0.25) is 0 Å². The normalized spacial score (nSPS) is 17.5. The Labute approximate surface area is 200 Å². The zero-order valence-corrected chi connectivity index (χ0v) is 19.7. The number of likely N-dealkylation sites (tertiary alicyclic amines) is 1. The highest BCUT2D eigenvalue weighted by molar-refractivity contribution is 7.80. The third-order valence-corrected chi connectivity index (χ3v) is 7.42. The number of hydrogen-bond donors (Lipinski definition) is 3. The summed E-state index contributed by atoms with van der Waals surface area (Å²) in [6.07, 6.45) is 4.91. The van der Waals surface area contributed by atoms with Crippen molar-refractivity contribution in [2.24, 2.45) is 5.92 Å². The highest BCUT2D eigenvalue weighted by Crippen LogP contribution is 2.34. The van der Waals surface area contributed by atoms with Crippen molar-refractivity contribution in [2.75, 3.05) is 22.7 Å². The van der Waals surface area contributed by atoms with E-state index in [1.807, 2.05) is 42.6 Å². The highest BCUT2D eigenvalue weighted by atomic mass is 32.2. The molecular weight excluding hydrogens is 454 g/mol. The number of aromatic nitrogens is 2. The van der Waals surface area contributed by atoms with Crippen LogP contribution in [0, 0.1) is 5.92 Å². The van der Waals surface area contributed by atoms with Crippen LogP contribution in [0.25, 0.3) is 22.2 Å². The van der Waals surface area contributed by atoms with E-state index >= 15 is 0 Å². The number of aromatic amines is 1. The molecule has 3 aromatic rings. The van der Waals surface area contributed by atoms with Gasteiger partial charge in [0.25, 0.3) is 11.3 Å². The van der Waals surface area contributed by atoms with Crippen molar-refractivity contribution in [2.45, 2.75) is 38.6 Å². The maximum Gasteiger partial charge on any atom is 0.262 e. The Morgan fingerprint density at radius 3 is 2.47 bits per heavy atom. The number of fused-ring (bicyclic) bond motifs is 1. The van der Waals surface area contributed by atoms with E-state index in [-0.39, 0.29) is 23.8 Å². The molecule has 178 valence electrons. The summed E-state index contributed by atoms with van der Waals surface area (Å²) in [6, 6.07) is 11.2. The number of carbonyl (C=O) groups excluding carboxylic acids is 2. The molecule has 5 rings (SSSR count). The van der Waals surface area contributed by atoms with E-state index < -0.39 is 11.3 Å². The van der Waals surface area contributed by atoms with Gasteiger partial charge in [0.2, 0.25) is 11.8 Å². The Morgan fingerprint density at radius 2 is 1.85 bits per heavy atom. The van der Waals surface area contributed by atoms with Crippen LogP contribution in [0.1, 0.15) is 32.6 Å². The molecule has 2 fully saturated rings. The number of rotatable bonds is 6. The van der Waals surface area contributed by atoms with Crippen LogP contribution in [-0.2, 0) is 20.9 Å². The molecule has 0 bridgehead atoms. The molecule has 1 aromatic carbocycles. The van der Waals surface area contributed by atoms with Crippen LogP contribution in [0.5, 0.6) is 0 Å². The molecule has 2 aliphatic rings. The lowest BCUT2D eigenvalue weighted by Gasteiger charge is -2.37. The van der Waals surface area contributed by atoms with Crippen LogP contribution in [-0.4, -0.2) is 54.6 Å². The van der Waals surface area contributed by atoms with Gasteiger partial charge in [0.15, 0.2) is 0 Å². The number of carbonyl (C=O) groups is 2. The maximum absolute atomic E-state index is 12.2. The molecule has 3 heterocycles. The van der Waals surface area contributed by atoms with Gasteiger partial charge in [-0.2, -0.15) is 0 Å². The predicted molar refractivity (Wildman–Crippen MR) is 131 cm³/mol.